The van der Waals surface area contributed by atoms with Crippen molar-refractivity contribution in [3.63, 3.8) is 0 Å². The van der Waals surface area contributed by atoms with Crippen molar-refractivity contribution in [2.24, 2.45) is 5.41 Å². The van der Waals surface area contributed by atoms with Crippen LogP contribution < -0.4 is 4.90 Å². The second-order valence-electron chi connectivity index (χ2n) is 5.72. The van der Waals surface area contributed by atoms with Crippen molar-refractivity contribution in [3.8, 4) is 0 Å². The third kappa shape index (κ3) is 2.83. The first-order valence-electron chi connectivity index (χ1n) is 6.35. The molecule has 2 heterocycles. The van der Waals surface area contributed by atoms with Gasteiger partial charge in [0.15, 0.2) is 5.13 Å². The fraction of sp³-hybridized carbons (Fsp3) is 0.692. The molecule has 1 fully saturated rings. The van der Waals surface area contributed by atoms with E-state index in [2.05, 4.69) is 23.7 Å². The van der Waals surface area contributed by atoms with Crippen LogP contribution >= 0.6 is 11.3 Å². The zero-order chi connectivity index (χ0) is 13.3. The standard InChI is InChI=1S/C13H20N2O2S/c1-9-10(11(16)17)18-12(14-9)15-7-4-5-13(2,3)6-8-15/h4-8H2,1-3H3,(H,16,17). The molecule has 4 nitrogen and oxygen atoms in total. The SMILES string of the molecule is Cc1nc(N2CCCC(C)(C)CC2)sc1C(=O)O. The van der Waals surface area contributed by atoms with Gasteiger partial charge in [0.1, 0.15) is 4.88 Å². The lowest BCUT2D eigenvalue weighted by Crippen LogP contribution is -2.24. The van der Waals surface area contributed by atoms with Crippen LogP contribution in [-0.4, -0.2) is 29.1 Å². The third-order valence-electron chi connectivity index (χ3n) is 3.59. The van der Waals surface area contributed by atoms with Crippen molar-refractivity contribution >= 4 is 22.4 Å². The Bertz CT molecular complexity index is 454. The molecule has 0 bridgehead atoms. The largest absolute Gasteiger partial charge is 0.477 e. The molecular weight excluding hydrogens is 248 g/mol. The zero-order valence-electron chi connectivity index (χ0n) is 11.2. The Morgan fingerprint density at radius 3 is 2.72 bits per heavy atom. The summed E-state index contributed by atoms with van der Waals surface area (Å²) in [7, 11) is 0. The minimum atomic E-state index is -0.869. The second kappa shape index (κ2) is 4.88. The molecule has 0 aliphatic carbocycles. The number of aryl methyl sites for hydroxylation is 1. The van der Waals surface area contributed by atoms with E-state index in [1.165, 1.54) is 17.8 Å². The number of aromatic carboxylic acids is 1. The molecule has 5 heteroatoms. The van der Waals surface area contributed by atoms with E-state index in [0.29, 0.717) is 16.0 Å². The monoisotopic (exact) mass is 268 g/mol. The number of carboxylic acids is 1. The maximum Gasteiger partial charge on any atom is 0.347 e. The first kappa shape index (κ1) is 13.3. The summed E-state index contributed by atoms with van der Waals surface area (Å²) in [5.41, 5.74) is 1.02. The number of rotatable bonds is 2. The van der Waals surface area contributed by atoms with Crippen LogP contribution in [0.4, 0.5) is 5.13 Å². The van der Waals surface area contributed by atoms with E-state index >= 15 is 0 Å². The molecular formula is C13H20N2O2S. The van der Waals surface area contributed by atoms with Crippen LogP contribution in [0.15, 0.2) is 0 Å². The highest BCUT2D eigenvalue weighted by molar-refractivity contribution is 7.17. The van der Waals surface area contributed by atoms with Gasteiger partial charge < -0.3 is 10.0 Å². The molecule has 18 heavy (non-hydrogen) atoms. The lowest BCUT2D eigenvalue weighted by Gasteiger charge is -2.22. The molecule has 1 aromatic heterocycles. The van der Waals surface area contributed by atoms with Gasteiger partial charge in [0, 0.05) is 13.1 Å². The van der Waals surface area contributed by atoms with Gasteiger partial charge in [0.25, 0.3) is 0 Å². The topological polar surface area (TPSA) is 53.4 Å². The molecule has 0 radical (unpaired) electrons. The average Bonchev–Trinajstić information content (AvgIpc) is 2.55. The van der Waals surface area contributed by atoms with Gasteiger partial charge in [-0.1, -0.05) is 25.2 Å². The van der Waals surface area contributed by atoms with E-state index in [9.17, 15) is 4.79 Å². The first-order chi connectivity index (χ1) is 8.39. The minimum Gasteiger partial charge on any atom is -0.477 e. The molecule has 1 aliphatic rings. The van der Waals surface area contributed by atoms with Gasteiger partial charge in [-0.25, -0.2) is 9.78 Å². The van der Waals surface area contributed by atoms with Crippen LogP contribution in [0.3, 0.4) is 0 Å². The van der Waals surface area contributed by atoms with E-state index in [-0.39, 0.29) is 0 Å². The van der Waals surface area contributed by atoms with Crippen molar-refractivity contribution in [3.05, 3.63) is 10.6 Å². The molecule has 0 aromatic carbocycles. The van der Waals surface area contributed by atoms with Gasteiger partial charge in [-0.2, -0.15) is 0 Å². The Morgan fingerprint density at radius 2 is 2.11 bits per heavy atom. The van der Waals surface area contributed by atoms with E-state index in [1.807, 2.05) is 0 Å². The van der Waals surface area contributed by atoms with E-state index in [0.717, 1.165) is 31.1 Å². The quantitative estimate of drug-likeness (QED) is 0.895. The number of anilines is 1. The molecule has 2 rings (SSSR count). The first-order valence-corrected chi connectivity index (χ1v) is 7.16. The minimum absolute atomic E-state index is 0.369. The number of hydrogen-bond acceptors (Lipinski definition) is 4. The molecule has 1 aromatic rings. The van der Waals surface area contributed by atoms with Gasteiger partial charge in [-0.15, -0.1) is 0 Å². The summed E-state index contributed by atoms with van der Waals surface area (Å²) in [4.78, 5) is 18.1. The molecule has 0 amide bonds. The van der Waals surface area contributed by atoms with Gasteiger partial charge in [0.2, 0.25) is 0 Å². The summed E-state index contributed by atoms with van der Waals surface area (Å²) >= 11 is 1.30. The van der Waals surface area contributed by atoms with E-state index in [1.54, 1.807) is 6.92 Å². The molecule has 0 spiro atoms. The number of hydrogen-bond donors (Lipinski definition) is 1. The summed E-state index contributed by atoms with van der Waals surface area (Å²) in [5, 5.41) is 9.93. The molecule has 0 saturated carbocycles. The van der Waals surface area contributed by atoms with Crippen LogP contribution in [0.5, 0.6) is 0 Å². The van der Waals surface area contributed by atoms with Crippen molar-refractivity contribution in [1.29, 1.82) is 0 Å². The summed E-state index contributed by atoms with van der Waals surface area (Å²) < 4.78 is 0. The molecule has 1 N–H and O–H groups in total. The predicted octanol–water partition coefficient (Wildman–Crippen LogP) is 3.17. The Morgan fingerprint density at radius 1 is 1.39 bits per heavy atom. The number of carbonyl (C=O) groups is 1. The highest BCUT2D eigenvalue weighted by Gasteiger charge is 2.25. The fourth-order valence-corrected chi connectivity index (χ4v) is 3.29. The number of carboxylic acid groups (broad SMARTS) is 1. The van der Waals surface area contributed by atoms with Crippen molar-refractivity contribution in [1.82, 2.24) is 4.98 Å². The van der Waals surface area contributed by atoms with Crippen LogP contribution in [0.25, 0.3) is 0 Å². The smallest absolute Gasteiger partial charge is 0.347 e. The predicted molar refractivity (Wildman–Crippen MR) is 73.7 cm³/mol. The highest BCUT2D eigenvalue weighted by atomic mass is 32.1. The Labute approximate surface area is 112 Å². The average molecular weight is 268 g/mol. The Kier molecular flexibility index (Phi) is 3.61. The van der Waals surface area contributed by atoms with Crippen molar-refractivity contribution in [2.75, 3.05) is 18.0 Å². The van der Waals surface area contributed by atoms with Gasteiger partial charge >= 0.3 is 5.97 Å². The second-order valence-corrected chi connectivity index (χ2v) is 6.70. The summed E-state index contributed by atoms with van der Waals surface area (Å²) in [6.45, 7) is 8.32. The van der Waals surface area contributed by atoms with Gasteiger partial charge in [-0.3, -0.25) is 0 Å². The molecule has 0 atom stereocenters. The van der Waals surface area contributed by atoms with Crippen molar-refractivity contribution in [2.45, 2.75) is 40.0 Å². The maximum absolute atomic E-state index is 11.0. The summed E-state index contributed by atoms with van der Waals surface area (Å²) in [5.74, 6) is -0.869. The number of nitrogens with zero attached hydrogens (tertiary/aromatic N) is 2. The van der Waals surface area contributed by atoms with Crippen LogP contribution in [0.1, 0.15) is 48.5 Å². The van der Waals surface area contributed by atoms with Crippen LogP contribution in [0, 0.1) is 12.3 Å². The summed E-state index contributed by atoms with van der Waals surface area (Å²) in [6, 6.07) is 0. The Balaban J connectivity index is 2.17. The van der Waals surface area contributed by atoms with E-state index < -0.39 is 5.97 Å². The lowest BCUT2D eigenvalue weighted by atomic mass is 9.85. The highest BCUT2D eigenvalue weighted by Crippen LogP contribution is 2.33. The normalized spacial score (nSPS) is 19.6. The lowest BCUT2D eigenvalue weighted by molar-refractivity contribution is 0.0701. The molecule has 100 valence electrons. The van der Waals surface area contributed by atoms with Crippen LogP contribution in [-0.2, 0) is 0 Å². The third-order valence-corrected chi connectivity index (χ3v) is 4.80. The number of thiazole rings is 1. The van der Waals surface area contributed by atoms with Gasteiger partial charge in [0.05, 0.1) is 5.69 Å². The van der Waals surface area contributed by atoms with E-state index in [4.69, 9.17) is 5.11 Å². The molecule has 0 unspecified atom stereocenters. The summed E-state index contributed by atoms with van der Waals surface area (Å²) in [6.07, 6.45) is 3.50. The van der Waals surface area contributed by atoms with Gasteiger partial charge in [-0.05, 0) is 31.6 Å². The number of aromatic nitrogens is 1. The van der Waals surface area contributed by atoms with Crippen molar-refractivity contribution < 1.29 is 9.90 Å². The molecule has 1 saturated heterocycles. The molecule has 1 aliphatic heterocycles. The fourth-order valence-electron chi connectivity index (χ4n) is 2.33. The maximum atomic E-state index is 11.0. The zero-order valence-corrected chi connectivity index (χ0v) is 12.0. The van der Waals surface area contributed by atoms with Crippen LogP contribution in [0.2, 0.25) is 0 Å². The Hall–Kier alpha value is -1.10.